The Kier molecular flexibility index (Phi) is 5.61. The molecule has 0 spiro atoms. The van der Waals surface area contributed by atoms with Crippen LogP contribution in [0.2, 0.25) is 0 Å². The summed E-state index contributed by atoms with van der Waals surface area (Å²) in [6.45, 7) is 0.153. The molecule has 1 aromatic carbocycles. The highest BCUT2D eigenvalue weighted by atomic mass is 16.5. The third kappa shape index (κ3) is 4.88. The number of ether oxygens (including phenoxy) is 1. The molecule has 0 aromatic heterocycles. The van der Waals surface area contributed by atoms with E-state index in [0.717, 1.165) is 11.1 Å². The lowest BCUT2D eigenvalue weighted by atomic mass is 10.1. The minimum Gasteiger partial charge on any atom is -0.466 e. The van der Waals surface area contributed by atoms with Gasteiger partial charge in [-0.25, -0.2) is 4.79 Å². The van der Waals surface area contributed by atoms with Crippen molar-refractivity contribution in [2.24, 2.45) is 5.11 Å². The van der Waals surface area contributed by atoms with E-state index in [-0.39, 0.29) is 6.54 Å². The standard InChI is InChI=1S/C13H11N3O2/c1-18-13(17)9-8-12-6-4-11(5-7-12)3-2-10-15-16-14/h4-9H,10H2,1H3/b9-8+. The second-order valence-corrected chi connectivity index (χ2v) is 3.17. The van der Waals surface area contributed by atoms with Crippen molar-refractivity contribution in [3.8, 4) is 11.8 Å². The number of methoxy groups -OCH3 is 1. The highest BCUT2D eigenvalue weighted by molar-refractivity contribution is 5.86. The molecule has 0 heterocycles. The topological polar surface area (TPSA) is 75.1 Å². The zero-order chi connectivity index (χ0) is 13.2. The molecule has 0 unspecified atom stereocenters. The Balaban J connectivity index is 2.67. The van der Waals surface area contributed by atoms with Crippen LogP contribution in [0.1, 0.15) is 11.1 Å². The smallest absolute Gasteiger partial charge is 0.330 e. The van der Waals surface area contributed by atoms with Crippen LogP contribution in [0.15, 0.2) is 35.5 Å². The molecular weight excluding hydrogens is 230 g/mol. The first-order chi connectivity index (χ1) is 8.76. The number of hydrogen-bond donors (Lipinski definition) is 0. The molecule has 1 aromatic rings. The van der Waals surface area contributed by atoms with E-state index >= 15 is 0 Å². The summed E-state index contributed by atoms with van der Waals surface area (Å²) < 4.78 is 4.48. The number of benzene rings is 1. The average molecular weight is 241 g/mol. The molecule has 5 heteroatoms. The van der Waals surface area contributed by atoms with Gasteiger partial charge in [0.05, 0.1) is 13.7 Å². The van der Waals surface area contributed by atoms with Gasteiger partial charge in [-0.3, -0.25) is 0 Å². The van der Waals surface area contributed by atoms with Crippen molar-refractivity contribution in [2.75, 3.05) is 13.7 Å². The number of hydrogen-bond acceptors (Lipinski definition) is 3. The summed E-state index contributed by atoms with van der Waals surface area (Å²) in [7, 11) is 1.33. The summed E-state index contributed by atoms with van der Waals surface area (Å²) >= 11 is 0. The first-order valence-corrected chi connectivity index (χ1v) is 5.12. The Morgan fingerprint density at radius 1 is 1.50 bits per heavy atom. The Morgan fingerprint density at radius 2 is 2.22 bits per heavy atom. The lowest BCUT2D eigenvalue weighted by molar-refractivity contribution is -0.134. The van der Waals surface area contributed by atoms with Gasteiger partial charge in [-0.05, 0) is 29.3 Å². The highest BCUT2D eigenvalue weighted by Crippen LogP contribution is 2.05. The van der Waals surface area contributed by atoms with Crippen LogP contribution < -0.4 is 0 Å². The quantitative estimate of drug-likeness (QED) is 0.204. The van der Waals surface area contributed by atoms with Crippen molar-refractivity contribution < 1.29 is 9.53 Å². The Morgan fingerprint density at radius 3 is 2.83 bits per heavy atom. The maximum Gasteiger partial charge on any atom is 0.330 e. The summed E-state index contributed by atoms with van der Waals surface area (Å²) in [5, 5.41) is 3.31. The van der Waals surface area contributed by atoms with Crippen LogP contribution in [-0.2, 0) is 9.53 Å². The van der Waals surface area contributed by atoms with E-state index in [1.807, 2.05) is 24.3 Å². The Hall–Kier alpha value is -2.70. The molecule has 0 amide bonds. The second-order valence-electron chi connectivity index (χ2n) is 3.17. The third-order valence-corrected chi connectivity index (χ3v) is 1.97. The zero-order valence-corrected chi connectivity index (χ0v) is 9.83. The van der Waals surface area contributed by atoms with Gasteiger partial charge in [0.2, 0.25) is 0 Å². The largest absolute Gasteiger partial charge is 0.466 e. The van der Waals surface area contributed by atoms with E-state index in [0.29, 0.717) is 0 Å². The van der Waals surface area contributed by atoms with Crippen molar-refractivity contribution >= 4 is 12.0 Å². The van der Waals surface area contributed by atoms with E-state index < -0.39 is 5.97 Å². The number of rotatable bonds is 3. The lowest BCUT2D eigenvalue weighted by Crippen LogP contribution is -1.93. The number of esters is 1. The molecule has 0 atom stereocenters. The molecule has 5 nitrogen and oxygen atoms in total. The normalized spacial score (nSPS) is 9.17. The molecule has 18 heavy (non-hydrogen) atoms. The van der Waals surface area contributed by atoms with E-state index in [9.17, 15) is 4.79 Å². The molecule has 0 bridgehead atoms. The van der Waals surface area contributed by atoms with Crippen LogP contribution >= 0.6 is 0 Å². The van der Waals surface area contributed by atoms with Crippen molar-refractivity contribution in [3.63, 3.8) is 0 Å². The summed E-state index contributed by atoms with van der Waals surface area (Å²) in [6, 6.07) is 7.30. The van der Waals surface area contributed by atoms with Crippen molar-refractivity contribution in [1.29, 1.82) is 0 Å². The van der Waals surface area contributed by atoms with Crippen molar-refractivity contribution in [2.45, 2.75) is 0 Å². The minimum absolute atomic E-state index is 0.153. The van der Waals surface area contributed by atoms with Gasteiger partial charge in [0.1, 0.15) is 0 Å². The molecule has 0 aliphatic carbocycles. The van der Waals surface area contributed by atoms with Crippen LogP contribution in [-0.4, -0.2) is 19.6 Å². The maximum atomic E-state index is 10.9. The minimum atomic E-state index is -0.395. The number of nitrogens with zero attached hydrogens (tertiary/aromatic N) is 3. The zero-order valence-electron chi connectivity index (χ0n) is 9.83. The van der Waals surface area contributed by atoms with Gasteiger partial charge in [0.25, 0.3) is 0 Å². The molecule has 0 radical (unpaired) electrons. The van der Waals surface area contributed by atoms with E-state index in [2.05, 4.69) is 26.6 Å². The second kappa shape index (κ2) is 7.55. The predicted octanol–water partition coefficient (Wildman–Crippen LogP) is 2.53. The van der Waals surface area contributed by atoms with E-state index in [1.165, 1.54) is 13.2 Å². The number of azide groups is 1. The van der Waals surface area contributed by atoms with Gasteiger partial charge >= 0.3 is 5.97 Å². The van der Waals surface area contributed by atoms with Gasteiger partial charge in [0.15, 0.2) is 0 Å². The molecule has 0 saturated carbocycles. The molecule has 0 aliphatic rings. The maximum absolute atomic E-state index is 10.9. The third-order valence-electron chi connectivity index (χ3n) is 1.97. The fraction of sp³-hybridized carbons (Fsp3) is 0.154. The van der Waals surface area contributed by atoms with Gasteiger partial charge in [-0.15, -0.1) is 0 Å². The Bertz CT molecular complexity index is 544. The molecule has 0 fully saturated rings. The van der Waals surface area contributed by atoms with Crippen LogP contribution in [0.4, 0.5) is 0 Å². The summed E-state index contributed by atoms with van der Waals surface area (Å²) in [6.07, 6.45) is 3.01. The first-order valence-electron chi connectivity index (χ1n) is 5.12. The summed E-state index contributed by atoms with van der Waals surface area (Å²) in [5.41, 5.74) is 9.76. The average Bonchev–Trinajstić information content (AvgIpc) is 2.42. The van der Waals surface area contributed by atoms with Crippen LogP contribution in [0, 0.1) is 11.8 Å². The lowest BCUT2D eigenvalue weighted by Gasteiger charge is -1.94. The Labute approximate surface area is 105 Å². The van der Waals surface area contributed by atoms with Gasteiger partial charge in [-0.2, -0.15) is 0 Å². The molecule has 90 valence electrons. The van der Waals surface area contributed by atoms with Gasteiger partial charge in [0, 0.05) is 16.6 Å². The van der Waals surface area contributed by atoms with E-state index in [1.54, 1.807) is 6.08 Å². The summed E-state index contributed by atoms with van der Waals surface area (Å²) in [5.74, 6) is 5.18. The van der Waals surface area contributed by atoms with Crippen LogP contribution in [0.5, 0.6) is 0 Å². The van der Waals surface area contributed by atoms with Crippen molar-refractivity contribution in [3.05, 3.63) is 51.9 Å². The molecule has 0 saturated heterocycles. The van der Waals surface area contributed by atoms with Crippen LogP contribution in [0.25, 0.3) is 16.5 Å². The highest BCUT2D eigenvalue weighted by Gasteiger charge is 1.92. The molecule has 0 aliphatic heterocycles. The summed E-state index contributed by atoms with van der Waals surface area (Å²) in [4.78, 5) is 13.5. The van der Waals surface area contributed by atoms with Crippen molar-refractivity contribution in [1.82, 2.24) is 0 Å². The van der Waals surface area contributed by atoms with Gasteiger partial charge in [-0.1, -0.05) is 29.1 Å². The number of carbonyl (C=O) groups excluding carboxylic acids is 1. The first kappa shape index (κ1) is 13.4. The fourth-order valence-corrected chi connectivity index (χ4v) is 1.12. The monoisotopic (exact) mass is 241 g/mol. The number of carbonyl (C=O) groups is 1. The molecule has 0 N–H and O–H groups in total. The SMILES string of the molecule is COC(=O)/C=C/c1ccc(C#CCN=[N+]=[N-])cc1. The molecule has 1 rings (SSSR count). The van der Waals surface area contributed by atoms with Gasteiger partial charge < -0.3 is 4.74 Å². The predicted molar refractivity (Wildman–Crippen MR) is 68.4 cm³/mol. The van der Waals surface area contributed by atoms with Crippen LogP contribution in [0.3, 0.4) is 0 Å². The fourth-order valence-electron chi connectivity index (χ4n) is 1.12. The van der Waals surface area contributed by atoms with E-state index in [4.69, 9.17) is 5.53 Å². The molecular formula is C13H11N3O2.